The molecule has 37 heavy (non-hydrogen) atoms. The Morgan fingerprint density at radius 1 is 1.19 bits per heavy atom. The number of nitrogens with one attached hydrogen (secondary N) is 2. The maximum atomic E-state index is 13.0. The number of benzene rings is 2. The van der Waals surface area contributed by atoms with Crippen LogP contribution in [0.3, 0.4) is 0 Å². The fourth-order valence-electron chi connectivity index (χ4n) is 4.16. The number of hydrogen-bond acceptors (Lipinski definition) is 6. The Balaban J connectivity index is 1.76. The van der Waals surface area contributed by atoms with E-state index in [2.05, 4.69) is 37.1 Å². The molecule has 4 N–H and O–H groups in total. The lowest BCUT2D eigenvalue weighted by Crippen LogP contribution is -2.46. The number of aryl methyl sites for hydroxylation is 1. The highest BCUT2D eigenvalue weighted by molar-refractivity contribution is 5.95. The van der Waals surface area contributed by atoms with Crippen molar-refractivity contribution in [2.45, 2.75) is 71.6 Å². The van der Waals surface area contributed by atoms with E-state index in [-0.39, 0.29) is 22.6 Å². The van der Waals surface area contributed by atoms with E-state index in [4.69, 9.17) is 9.72 Å². The number of rotatable bonds is 9. The van der Waals surface area contributed by atoms with Gasteiger partial charge in [0.2, 0.25) is 0 Å². The van der Waals surface area contributed by atoms with E-state index in [0.717, 1.165) is 28.3 Å². The summed E-state index contributed by atoms with van der Waals surface area (Å²) in [4.78, 5) is 21.1. The number of amides is 1. The summed E-state index contributed by atoms with van der Waals surface area (Å²) in [7, 11) is 0. The number of aliphatic hydroxyl groups excluding tert-OH is 2. The van der Waals surface area contributed by atoms with Crippen molar-refractivity contribution in [1.82, 2.24) is 15.3 Å². The van der Waals surface area contributed by atoms with Crippen molar-refractivity contribution in [3.63, 3.8) is 0 Å². The van der Waals surface area contributed by atoms with Gasteiger partial charge in [0.25, 0.3) is 5.91 Å². The third-order valence-corrected chi connectivity index (χ3v) is 5.97. The summed E-state index contributed by atoms with van der Waals surface area (Å²) in [6.07, 6.45) is -0.970. The largest absolute Gasteiger partial charge is 0.490 e. The Morgan fingerprint density at radius 3 is 2.41 bits per heavy atom. The first kappa shape index (κ1) is 27.9. The van der Waals surface area contributed by atoms with Gasteiger partial charge in [-0.05, 0) is 51.0 Å². The van der Waals surface area contributed by atoms with Crippen LogP contribution in [0.1, 0.15) is 67.5 Å². The van der Waals surface area contributed by atoms with Crippen molar-refractivity contribution in [3.8, 4) is 23.2 Å². The normalized spacial score (nSPS) is 13.2. The molecule has 3 aromatic rings. The van der Waals surface area contributed by atoms with Crippen LogP contribution in [0.25, 0.3) is 11.4 Å². The number of carbonyl (C=O) groups excluding carboxylic acids is 1. The Labute approximate surface area is 218 Å². The van der Waals surface area contributed by atoms with Crippen molar-refractivity contribution >= 4 is 5.91 Å². The number of ether oxygens (including phenoxy) is 1. The molecule has 0 aliphatic heterocycles. The van der Waals surface area contributed by atoms with Crippen LogP contribution in [0.2, 0.25) is 0 Å². The molecular weight excluding hydrogens is 468 g/mol. The zero-order valence-corrected chi connectivity index (χ0v) is 22.3. The molecule has 2 aromatic carbocycles. The van der Waals surface area contributed by atoms with E-state index in [1.54, 1.807) is 12.1 Å². The lowest BCUT2D eigenvalue weighted by atomic mass is 9.91. The van der Waals surface area contributed by atoms with Crippen molar-refractivity contribution in [1.29, 1.82) is 5.26 Å². The van der Waals surface area contributed by atoms with Gasteiger partial charge in [-0.25, -0.2) is 4.98 Å². The first-order chi connectivity index (χ1) is 17.4. The molecule has 0 radical (unpaired) electrons. The summed E-state index contributed by atoms with van der Waals surface area (Å²) in [5, 5.41) is 32.3. The van der Waals surface area contributed by atoms with Crippen LogP contribution in [0.15, 0.2) is 42.5 Å². The van der Waals surface area contributed by atoms with Gasteiger partial charge in [-0.3, -0.25) is 4.79 Å². The molecule has 0 saturated heterocycles. The number of imidazole rings is 1. The van der Waals surface area contributed by atoms with Crippen molar-refractivity contribution in [2.75, 3.05) is 6.61 Å². The van der Waals surface area contributed by atoms with Gasteiger partial charge in [-0.2, -0.15) is 5.26 Å². The number of nitriles is 1. The standard InChI is InChI=1S/C29H36N4O4/c1-17(2)37-25-12-11-21(14-22(25)15-30)28(36)32-23(24(35)16-34)13-19-7-9-20(10-8-19)27-31-18(3)26(33-27)29(4,5)6/h7-12,14,17,23-24,34-35H,13,16H2,1-6H3,(H,31,33)(H,32,36)/t23-,24?/m0/s1. The van der Waals surface area contributed by atoms with Gasteiger partial charge in [0.05, 0.1) is 36.1 Å². The Kier molecular flexibility index (Phi) is 8.74. The average molecular weight is 505 g/mol. The number of H-pyrrole nitrogens is 1. The van der Waals surface area contributed by atoms with Crippen LogP contribution in [0.5, 0.6) is 5.75 Å². The first-order valence-corrected chi connectivity index (χ1v) is 12.4. The van der Waals surface area contributed by atoms with Crippen LogP contribution in [0, 0.1) is 18.3 Å². The second-order valence-electron chi connectivity index (χ2n) is 10.5. The predicted molar refractivity (Wildman–Crippen MR) is 142 cm³/mol. The van der Waals surface area contributed by atoms with Gasteiger partial charge in [0, 0.05) is 22.2 Å². The molecule has 1 unspecified atom stereocenters. The molecule has 2 atom stereocenters. The van der Waals surface area contributed by atoms with Gasteiger partial charge in [-0.15, -0.1) is 0 Å². The van der Waals surface area contributed by atoms with Crippen LogP contribution in [0.4, 0.5) is 0 Å². The zero-order valence-electron chi connectivity index (χ0n) is 22.3. The molecule has 8 heteroatoms. The highest BCUT2D eigenvalue weighted by atomic mass is 16.5. The molecule has 1 aromatic heterocycles. The van der Waals surface area contributed by atoms with E-state index < -0.39 is 24.7 Å². The average Bonchev–Trinajstić information content (AvgIpc) is 3.25. The first-order valence-electron chi connectivity index (χ1n) is 12.4. The van der Waals surface area contributed by atoms with Gasteiger partial charge in [-0.1, -0.05) is 45.0 Å². The van der Waals surface area contributed by atoms with E-state index >= 15 is 0 Å². The summed E-state index contributed by atoms with van der Waals surface area (Å²) in [6, 6.07) is 13.6. The molecule has 8 nitrogen and oxygen atoms in total. The highest BCUT2D eigenvalue weighted by Crippen LogP contribution is 2.27. The lowest BCUT2D eigenvalue weighted by molar-refractivity contribution is 0.0567. The van der Waals surface area contributed by atoms with Crippen molar-refractivity contribution < 1.29 is 19.7 Å². The van der Waals surface area contributed by atoms with Gasteiger partial charge in [0.15, 0.2) is 0 Å². The van der Waals surface area contributed by atoms with Crippen molar-refractivity contribution in [3.05, 3.63) is 70.5 Å². The fourth-order valence-corrected chi connectivity index (χ4v) is 4.16. The van der Waals surface area contributed by atoms with E-state index in [9.17, 15) is 20.3 Å². The minimum Gasteiger partial charge on any atom is -0.490 e. The minimum absolute atomic E-state index is 0.0690. The van der Waals surface area contributed by atoms with Gasteiger partial charge >= 0.3 is 0 Å². The molecule has 1 amide bonds. The molecule has 0 aliphatic carbocycles. The molecule has 0 fully saturated rings. The van der Waals surface area contributed by atoms with E-state index in [1.807, 2.05) is 45.0 Å². The smallest absolute Gasteiger partial charge is 0.251 e. The predicted octanol–water partition coefficient (Wildman–Crippen LogP) is 4.04. The number of aromatic amines is 1. The molecular formula is C29H36N4O4. The minimum atomic E-state index is -1.16. The molecule has 0 spiro atoms. The summed E-state index contributed by atoms with van der Waals surface area (Å²) < 4.78 is 5.62. The number of aliphatic hydroxyl groups is 2. The zero-order chi connectivity index (χ0) is 27.3. The monoisotopic (exact) mass is 504 g/mol. The van der Waals surface area contributed by atoms with Crippen LogP contribution < -0.4 is 10.1 Å². The second-order valence-corrected chi connectivity index (χ2v) is 10.5. The summed E-state index contributed by atoms with van der Waals surface area (Å²) in [5.41, 5.74) is 4.30. The quantitative estimate of drug-likeness (QED) is 0.348. The fraction of sp³-hybridized carbons (Fsp3) is 0.414. The van der Waals surface area contributed by atoms with E-state index in [0.29, 0.717) is 12.2 Å². The van der Waals surface area contributed by atoms with Crippen LogP contribution in [-0.4, -0.2) is 50.9 Å². The number of carbonyl (C=O) groups is 1. The number of aromatic nitrogens is 2. The molecule has 3 rings (SSSR count). The number of hydrogen-bond donors (Lipinski definition) is 4. The molecule has 0 aliphatic rings. The summed E-state index contributed by atoms with van der Waals surface area (Å²) >= 11 is 0. The molecule has 0 saturated carbocycles. The van der Waals surface area contributed by atoms with Crippen LogP contribution >= 0.6 is 0 Å². The third-order valence-electron chi connectivity index (χ3n) is 5.97. The van der Waals surface area contributed by atoms with Crippen LogP contribution in [-0.2, 0) is 11.8 Å². The molecule has 0 bridgehead atoms. The maximum absolute atomic E-state index is 13.0. The molecule has 196 valence electrons. The SMILES string of the molecule is Cc1[nH]c(-c2ccc(C[C@H](NC(=O)c3ccc(OC(C)C)c(C#N)c3)C(O)CO)cc2)nc1C(C)(C)C. The number of nitrogens with zero attached hydrogens (tertiary/aromatic N) is 2. The van der Waals surface area contributed by atoms with Gasteiger partial charge in [0.1, 0.15) is 17.6 Å². The Bertz CT molecular complexity index is 1270. The summed E-state index contributed by atoms with van der Waals surface area (Å²) in [5.74, 6) is 0.734. The van der Waals surface area contributed by atoms with Gasteiger partial charge < -0.3 is 25.3 Å². The Hall–Kier alpha value is -3.67. The maximum Gasteiger partial charge on any atom is 0.251 e. The van der Waals surface area contributed by atoms with E-state index in [1.165, 1.54) is 6.07 Å². The molecule has 1 heterocycles. The lowest BCUT2D eigenvalue weighted by Gasteiger charge is -2.23. The van der Waals surface area contributed by atoms with Crippen molar-refractivity contribution in [2.24, 2.45) is 0 Å². The highest BCUT2D eigenvalue weighted by Gasteiger charge is 2.24. The summed E-state index contributed by atoms with van der Waals surface area (Å²) in [6.45, 7) is 11.6. The third kappa shape index (κ3) is 6.97. The second kappa shape index (κ2) is 11.6. The topological polar surface area (TPSA) is 131 Å². The Morgan fingerprint density at radius 2 is 1.86 bits per heavy atom.